The van der Waals surface area contributed by atoms with Crippen LogP contribution >= 0.6 is 11.3 Å². The molecule has 1 aliphatic carbocycles. The molecule has 0 spiro atoms. The first-order valence-electron chi connectivity index (χ1n) is 6.88. The Kier molecular flexibility index (Phi) is 4.26. The lowest BCUT2D eigenvalue weighted by atomic mass is 9.72. The van der Waals surface area contributed by atoms with E-state index in [-0.39, 0.29) is 0 Å². The summed E-state index contributed by atoms with van der Waals surface area (Å²) in [7, 11) is 2.13. The van der Waals surface area contributed by atoms with Gasteiger partial charge in [-0.1, -0.05) is 32.8 Å². The topological polar surface area (TPSA) is 12.0 Å². The Balaban J connectivity index is 2.24. The first-order valence-corrected chi connectivity index (χ1v) is 7.76. The molecular weight excluding hydrogens is 226 g/mol. The van der Waals surface area contributed by atoms with Crippen molar-refractivity contribution in [2.24, 2.45) is 11.3 Å². The fraction of sp³-hybridized carbons (Fsp3) is 0.733. The summed E-state index contributed by atoms with van der Waals surface area (Å²) in [6.07, 6.45) is 6.98. The highest BCUT2D eigenvalue weighted by Crippen LogP contribution is 2.52. The summed E-state index contributed by atoms with van der Waals surface area (Å²) in [5.41, 5.74) is 0.508. The van der Waals surface area contributed by atoms with Crippen LogP contribution in [0.1, 0.15) is 56.9 Å². The van der Waals surface area contributed by atoms with Crippen LogP contribution in [-0.2, 0) is 0 Å². The lowest BCUT2D eigenvalue weighted by molar-refractivity contribution is 0.164. The molecule has 1 atom stereocenters. The van der Waals surface area contributed by atoms with Crippen LogP contribution in [0, 0.1) is 11.3 Å². The largest absolute Gasteiger partial charge is 0.312 e. The van der Waals surface area contributed by atoms with Gasteiger partial charge >= 0.3 is 0 Å². The van der Waals surface area contributed by atoms with Crippen LogP contribution in [-0.4, -0.2) is 7.05 Å². The number of hydrogen-bond acceptors (Lipinski definition) is 2. The molecule has 0 aromatic carbocycles. The van der Waals surface area contributed by atoms with E-state index in [1.165, 1.54) is 37.0 Å². The molecule has 0 amide bonds. The fourth-order valence-electron chi connectivity index (χ4n) is 3.71. The Hall–Kier alpha value is -0.340. The summed E-state index contributed by atoms with van der Waals surface area (Å²) in [6.45, 7) is 4.72. The van der Waals surface area contributed by atoms with Crippen molar-refractivity contribution >= 4 is 11.3 Å². The van der Waals surface area contributed by atoms with Gasteiger partial charge in [-0.05, 0) is 49.1 Å². The highest BCUT2D eigenvalue weighted by Gasteiger charge is 2.41. The molecule has 1 aliphatic rings. The molecule has 0 bridgehead atoms. The van der Waals surface area contributed by atoms with Gasteiger partial charge in [0.15, 0.2) is 0 Å². The molecule has 0 saturated heterocycles. The fourth-order valence-corrected chi connectivity index (χ4v) is 4.68. The summed E-state index contributed by atoms with van der Waals surface area (Å²) in [6, 6.07) is 5.04. The number of hydrogen-bond donors (Lipinski definition) is 1. The van der Waals surface area contributed by atoms with Gasteiger partial charge in [-0.3, -0.25) is 0 Å². The highest BCUT2D eigenvalue weighted by atomic mass is 32.1. The van der Waals surface area contributed by atoms with E-state index in [1.807, 2.05) is 11.3 Å². The van der Waals surface area contributed by atoms with Gasteiger partial charge in [-0.25, -0.2) is 0 Å². The van der Waals surface area contributed by atoms with Crippen LogP contribution < -0.4 is 5.32 Å². The van der Waals surface area contributed by atoms with Gasteiger partial charge in [0.1, 0.15) is 0 Å². The van der Waals surface area contributed by atoms with Crippen molar-refractivity contribution in [2.75, 3.05) is 7.05 Å². The van der Waals surface area contributed by atoms with E-state index < -0.39 is 0 Å². The number of rotatable bonds is 5. The molecule has 1 heterocycles. The summed E-state index contributed by atoms with van der Waals surface area (Å²) >= 11 is 1.91. The van der Waals surface area contributed by atoms with Crippen molar-refractivity contribution in [3.05, 3.63) is 22.4 Å². The Bertz CT molecular complexity index is 323. The van der Waals surface area contributed by atoms with Gasteiger partial charge < -0.3 is 5.32 Å². The maximum absolute atomic E-state index is 3.60. The molecule has 1 aromatic rings. The summed E-state index contributed by atoms with van der Waals surface area (Å²) < 4.78 is 0. The van der Waals surface area contributed by atoms with Crippen molar-refractivity contribution in [2.45, 2.75) is 52.0 Å². The zero-order chi connectivity index (χ0) is 12.3. The van der Waals surface area contributed by atoms with Crippen LogP contribution in [0.15, 0.2) is 17.5 Å². The zero-order valence-electron chi connectivity index (χ0n) is 11.3. The van der Waals surface area contributed by atoms with Crippen LogP contribution in [0.3, 0.4) is 0 Å². The van der Waals surface area contributed by atoms with Gasteiger partial charge in [0.2, 0.25) is 0 Å². The predicted molar refractivity (Wildman–Crippen MR) is 76.5 cm³/mol. The molecule has 1 fully saturated rings. The van der Waals surface area contributed by atoms with Crippen molar-refractivity contribution in [1.29, 1.82) is 0 Å². The minimum atomic E-state index is 0.508. The monoisotopic (exact) mass is 251 g/mol. The zero-order valence-corrected chi connectivity index (χ0v) is 12.1. The van der Waals surface area contributed by atoms with Gasteiger partial charge in [0, 0.05) is 10.9 Å². The quantitative estimate of drug-likeness (QED) is 0.805. The van der Waals surface area contributed by atoms with Crippen molar-refractivity contribution in [3.63, 3.8) is 0 Å². The van der Waals surface area contributed by atoms with E-state index in [9.17, 15) is 0 Å². The molecule has 1 unspecified atom stereocenters. The Morgan fingerprint density at radius 3 is 2.53 bits per heavy atom. The average molecular weight is 251 g/mol. The van der Waals surface area contributed by atoms with Crippen LogP contribution in [0.25, 0.3) is 0 Å². The lowest BCUT2D eigenvalue weighted by Gasteiger charge is -2.38. The van der Waals surface area contributed by atoms with E-state index in [0.29, 0.717) is 11.5 Å². The average Bonchev–Trinajstić information content (AvgIpc) is 2.90. The second-order valence-corrected chi connectivity index (χ2v) is 6.88. The third-order valence-electron chi connectivity index (χ3n) is 4.14. The highest BCUT2D eigenvalue weighted by molar-refractivity contribution is 7.10. The molecule has 96 valence electrons. The lowest BCUT2D eigenvalue weighted by Crippen LogP contribution is -2.35. The molecule has 1 saturated carbocycles. The second kappa shape index (κ2) is 5.53. The molecule has 0 aliphatic heterocycles. The Labute approximate surface area is 110 Å². The Morgan fingerprint density at radius 2 is 2.06 bits per heavy atom. The van der Waals surface area contributed by atoms with Gasteiger partial charge in [0.25, 0.3) is 0 Å². The number of nitrogens with one attached hydrogen (secondary N) is 1. The molecule has 1 N–H and O–H groups in total. The van der Waals surface area contributed by atoms with Crippen molar-refractivity contribution in [1.82, 2.24) is 5.32 Å². The minimum Gasteiger partial charge on any atom is -0.312 e. The van der Waals surface area contributed by atoms with Gasteiger partial charge in [-0.15, -0.1) is 11.3 Å². The van der Waals surface area contributed by atoms with E-state index >= 15 is 0 Å². The van der Waals surface area contributed by atoms with E-state index in [4.69, 9.17) is 0 Å². The van der Waals surface area contributed by atoms with Gasteiger partial charge in [0.05, 0.1) is 0 Å². The molecular formula is C15H25NS. The maximum atomic E-state index is 3.60. The molecule has 2 rings (SSSR count). The van der Waals surface area contributed by atoms with Gasteiger partial charge in [-0.2, -0.15) is 0 Å². The summed E-state index contributed by atoms with van der Waals surface area (Å²) in [4.78, 5) is 1.52. The smallest absolute Gasteiger partial charge is 0.0469 e. The second-order valence-electron chi connectivity index (χ2n) is 5.90. The van der Waals surface area contributed by atoms with E-state index in [2.05, 4.69) is 43.7 Å². The van der Waals surface area contributed by atoms with Crippen LogP contribution in [0.5, 0.6) is 0 Å². The van der Waals surface area contributed by atoms with E-state index in [1.54, 1.807) is 0 Å². The SMILES string of the molecule is CNC(c1cccs1)C1(CC(C)C)CCCC1. The standard InChI is InChI=1S/C15H25NS/c1-12(2)11-15(8-4-5-9-15)14(16-3)13-7-6-10-17-13/h6-7,10,12,14,16H,4-5,8-9,11H2,1-3H3. The number of thiophene rings is 1. The normalized spacial score (nSPS) is 20.9. The first kappa shape index (κ1) is 13.1. The van der Waals surface area contributed by atoms with Crippen LogP contribution in [0.4, 0.5) is 0 Å². The third kappa shape index (κ3) is 2.74. The molecule has 1 nitrogen and oxygen atoms in total. The third-order valence-corrected chi connectivity index (χ3v) is 5.08. The molecule has 2 heteroatoms. The van der Waals surface area contributed by atoms with Crippen LogP contribution in [0.2, 0.25) is 0 Å². The summed E-state index contributed by atoms with van der Waals surface area (Å²) in [5.74, 6) is 0.795. The summed E-state index contributed by atoms with van der Waals surface area (Å²) in [5, 5.41) is 5.81. The van der Waals surface area contributed by atoms with E-state index in [0.717, 1.165) is 5.92 Å². The van der Waals surface area contributed by atoms with Crippen molar-refractivity contribution < 1.29 is 0 Å². The maximum Gasteiger partial charge on any atom is 0.0469 e. The molecule has 0 radical (unpaired) electrons. The molecule has 17 heavy (non-hydrogen) atoms. The molecule has 1 aromatic heterocycles. The first-order chi connectivity index (χ1) is 8.18. The Morgan fingerprint density at radius 1 is 1.35 bits per heavy atom. The minimum absolute atomic E-state index is 0.508. The van der Waals surface area contributed by atoms with Crippen molar-refractivity contribution in [3.8, 4) is 0 Å². The predicted octanol–water partition coefficient (Wildman–Crippen LogP) is 4.62.